The average molecular weight is 253 g/mol. The van der Waals surface area contributed by atoms with Crippen molar-refractivity contribution >= 4 is 29.2 Å². The van der Waals surface area contributed by atoms with E-state index in [1.165, 1.54) is 11.3 Å². The molecule has 0 saturated carbocycles. The Bertz CT molecular complexity index is 423. The predicted octanol–water partition coefficient (Wildman–Crippen LogP) is 1.73. The van der Waals surface area contributed by atoms with E-state index in [-0.39, 0.29) is 6.61 Å². The minimum absolute atomic E-state index is 0.213. The number of carbonyl (C=O) groups is 2. The van der Waals surface area contributed by atoms with E-state index in [2.05, 4.69) is 10.1 Å². The number of hydrogen-bond acceptors (Lipinski definition) is 5. The van der Waals surface area contributed by atoms with Crippen LogP contribution in [0.25, 0.3) is 6.08 Å². The lowest BCUT2D eigenvalue weighted by Crippen LogP contribution is -2.16. The Hall–Kier alpha value is -1.46. The van der Waals surface area contributed by atoms with Gasteiger partial charge in [0.05, 0.1) is 11.5 Å². The van der Waals surface area contributed by atoms with Gasteiger partial charge in [0.15, 0.2) is 0 Å². The zero-order chi connectivity index (χ0) is 12.7. The molecule has 92 valence electrons. The smallest absolute Gasteiger partial charge is 0.380 e. The van der Waals surface area contributed by atoms with Crippen LogP contribution in [0.1, 0.15) is 21.5 Å². The highest BCUT2D eigenvalue weighted by Gasteiger charge is 2.18. The summed E-state index contributed by atoms with van der Waals surface area (Å²) in [4.78, 5) is 24.1. The van der Waals surface area contributed by atoms with Gasteiger partial charge in [-0.05, 0) is 32.2 Å². The standard InChI is InChI=1S/C12H15NO3S/c1-3-16-12(15)11(14)10-7-6-9(17-10)5-4-8-13-2/h4-7,13H,3,8H2,1-2H3. The molecular weight excluding hydrogens is 238 g/mol. The minimum Gasteiger partial charge on any atom is -0.460 e. The van der Waals surface area contributed by atoms with Crippen molar-refractivity contribution in [3.63, 3.8) is 0 Å². The molecule has 5 heteroatoms. The first-order valence-corrected chi connectivity index (χ1v) is 6.13. The first-order chi connectivity index (χ1) is 8.19. The van der Waals surface area contributed by atoms with Crippen molar-refractivity contribution in [2.45, 2.75) is 6.92 Å². The fraction of sp³-hybridized carbons (Fsp3) is 0.333. The third-order valence-electron chi connectivity index (χ3n) is 1.92. The van der Waals surface area contributed by atoms with E-state index in [1.807, 2.05) is 25.3 Å². The van der Waals surface area contributed by atoms with Crippen LogP contribution < -0.4 is 5.32 Å². The lowest BCUT2D eigenvalue weighted by atomic mass is 10.3. The van der Waals surface area contributed by atoms with Crippen LogP contribution in [-0.4, -0.2) is 32.0 Å². The fourth-order valence-corrected chi connectivity index (χ4v) is 2.02. The van der Waals surface area contributed by atoms with Crippen molar-refractivity contribution in [3.05, 3.63) is 28.0 Å². The number of likely N-dealkylation sites (N-methyl/N-ethyl adjacent to an activating group) is 1. The Kier molecular flexibility index (Phi) is 5.59. The SMILES string of the molecule is CCOC(=O)C(=O)c1ccc(C=CCNC)s1. The maximum Gasteiger partial charge on any atom is 0.380 e. The Morgan fingerprint density at radius 3 is 2.88 bits per heavy atom. The van der Waals surface area contributed by atoms with Gasteiger partial charge < -0.3 is 10.1 Å². The van der Waals surface area contributed by atoms with Crippen molar-refractivity contribution < 1.29 is 14.3 Å². The number of hydrogen-bond donors (Lipinski definition) is 1. The molecule has 1 rings (SSSR count). The molecule has 17 heavy (non-hydrogen) atoms. The van der Waals surface area contributed by atoms with E-state index in [4.69, 9.17) is 0 Å². The lowest BCUT2D eigenvalue weighted by molar-refractivity contribution is -0.137. The summed E-state index contributed by atoms with van der Waals surface area (Å²) in [6, 6.07) is 3.45. The molecule has 0 spiro atoms. The molecule has 0 amide bonds. The Morgan fingerprint density at radius 1 is 1.47 bits per heavy atom. The predicted molar refractivity (Wildman–Crippen MR) is 68.2 cm³/mol. The lowest BCUT2D eigenvalue weighted by Gasteiger charge is -1.97. The number of Topliss-reactive ketones (excluding diaryl/α,β-unsaturated/α-hetero) is 1. The second kappa shape index (κ2) is 6.98. The number of thiophene rings is 1. The molecule has 0 aliphatic rings. The highest BCUT2D eigenvalue weighted by Crippen LogP contribution is 2.18. The highest BCUT2D eigenvalue weighted by atomic mass is 32.1. The quantitative estimate of drug-likeness (QED) is 0.476. The van der Waals surface area contributed by atoms with Gasteiger partial charge in [0.1, 0.15) is 0 Å². The summed E-state index contributed by atoms with van der Waals surface area (Å²) in [6.45, 7) is 2.65. The molecule has 0 aliphatic carbocycles. The second-order valence-corrected chi connectivity index (χ2v) is 4.33. The number of ether oxygens (including phenoxy) is 1. The van der Waals surface area contributed by atoms with Crippen molar-refractivity contribution in [1.29, 1.82) is 0 Å². The van der Waals surface area contributed by atoms with Gasteiger partial charge in [0.25, 0.3) is 5.78 Å². The second-order valence-electron chi connectivity index (χ2n) is 3.21. The normalized spacial score (nSPS) is 10.7. The van der Waals surface area contributed by atoms with E-state index in [1.54, 1.807) is 13.0 Å². The van der Waals surface area contributed by atoms with E-state index in [0.29, 0.717) is 4.88 Å². The molecule has 1 aromatic rings. The molecule has 1 aromatic heterocycles. The van der Waals surface area contributed by atoms with Crippen molar-refractivity contribution in [2.75, 3.05) is 20.2 Å². The zero-order valence-corrected chi connectivity index (χ0v) is 10.7. The van der Waals surface area contributed by atoms with Crippen LogP contribution in [0.2, 0.25) is 0 Å². The van der Waals surface area contributed by atoms with Crippen molar-refractivity contribution in [1.82, 2.24) is 5.32 Å². The number of nitrogens with one attached hydrogen (secondary N) is 1. The first kappa shape index (κ1) is 13.6. The van der Waals surface area contributed by atoms with Crippen LogP contribution in [0.3, 0.4) is 0 Å². The van der Waals surface area contributed by atoms with Gasteiger partial charge in [0.2, 0.25) is 0 Å². The van der Waals surface area contributed by atoms with Gasteiger partial charge in [-0.3, -0.25) is 4.79 Å². The third-order valence-corrected chi connectivity index (χ3v) is 2.96. The maximum absolute atomic E-state index is 11.6. The molecule has 0 fully saturated rings. The molecule has 0 radical (unpaired) electrons. The van der Waals surface area contributed by atoms with Crippen LogP contribution in [0.5, 0.6) is 0 Å². The molecule has 0 aliphatic heterocycles. The molecule has 0 saturated heterocycles. The molecule has 0 bridgehead atoms. The van der Waals surface area contributed by atoms with E-state index < -0.39 is 11.8 Å². The van der Waals surface area contributed by atoms with Crippen LogP contribution in [0.15, 0.2) is 18.2 Å². The molecular formula is C12H15NO3S. The Labute approximate surface area is 104 Å². The molecule has 4 nitrogen and oxygen atoms in total. The van der Waals surface area contributed by atoms with Crippen molar-refractivity contribution in [2.24, 2.45) is 0 Å². The van der Waals surface area contributed by atoms with Gasteiger partial charge in [-0.15, -0.1) is 11.3 Å². The molecule has 0 unspecified atom stereocenters. The van der Waals surface area contributed by atoms with Crippen molar-refractivity contribution in [3.8, 4) is 0 Å². The van der Waals surface area contributed by atoms with Gasteiger partial charge in [-0.2, -0.15) is 0 Å². The topological polar surface area (TPSA) is 55.4 Å². The Balaban J connectivity index is 2.67. The highest BCUT2D eigenvalue weighted by molar-refractivity contribution is 7.15. The first-order valence-electron chi connectivity index (χ1n) is 5.31. The summed E-state index contributed by atoms with van der Waals surface area (Å²) in [5, 5.41) is 2.98. The number of rotatable bonds is 6. The maximum atomic E-state index is 11.6. The summed E-state index contributed by atoms with van der Waals surface area (Å²) in [7, 11) is 1.86. The summed E-state index contributed by atoms with van der Waals surface area (Å²) < 4.78 is 4.66. The molecule has 1 N–H and O–H groups in total. The monoisotopic (exact) mass is 253 g/mol. The van der Waals surface area contributed by atoms with Crippen LogP contribution in [-0.2, 0) is 9.53 Å². The fourth-order valence-electron chi connectivity index (χ4n) is 1.15. The van der Waals surface area contributed by atoms with E-state index in [0.717, 1.165) is 11.4 Å². The van der Waals surface area contributed by atoms with Crippen LogP contribution in [0, 0.1) is 0 Å². The number of carbonyl (C=O) groups excluding carboxylic acids is 2. The van der Waals surface area contributed by atoms with Gasteiger partial charge in [-0.1, -0.05) is 6.08 Å². The summed E-state index contributed by atoms with van der Waals surface area (Å²) in [5.74, 6) is -1.37. The summed E-state index contributed by atoms with van der Waals surface area (Å²) >= 11 is 1.28. The van der Waals surface area contributed by atoms with E-state index in [9.17, 15) is 9.59 Å². The van der Waals surface area contributed by atoms with Crippen LogP contribution >= 0.6 is 11.3 Å². The van der Waals surface area contributed by atoms with Gasteiger partial charge >= 0.3 is 5.97 Å². The number of ketones is 1. The number of esters is 1. The summed E-state index contributed by atoms with van der Waals surface area (Å²) in [6.07, 6.45) is 3.85. The average Bonchev–Trinajstić information content (AvgIpc) is 2.77. The van der Waals surface area contributed by atoms with E-state index >= 15 is 0 Å². The van der Waals surface area contributed by atoms with Gasteiger partial charge in [0, 0.05) is 11.4 Å². The molecule has 0 aromatic carbocycles. The minimum atomic E-state index is -0.792. The Morgan fingerprint density at radius 2 is 2.24 bits per heavy atom. The molecule has 0 atom stereocenters. The van der Waals surface area contributed by atoms with Crippen LogP contribution in [0.4, 0.5) is 0 Å². The zero-order valence-electron chi connectivity index (χ0n) is 9.86. The van der Waals surface area contributed by atoms with Gasteiger partial charge in [-0.25, -0.2) is 4.79 Å². The molecule has 1 heterocycles. The largest absolute Gasteiger partial charge is 0.460 e. The third kappa shape index (κ3) is 4.13. The summed E-state index contributed by atoms with van der Waals surface area (Å²) in [5.41, 5.74) is 0.